The van der Waals surface area contributed by atoms with E-state index in [9.17, 15) is 22.4 Å². The van der Waals surface area contributed by atoms with E-state index in [-0.39, 0.29) is 11.7 Å². The predicted molar refractivity (Wildman–Crippen MR) is 99.4 cm³/mol. The molecule has 0 saturated heterocycles. The van der Waals surface area contributed by atoms with E-state index >= 15 is 0 Å². The van der Waals surface area contributed by atoms with E-state index in [1.54, 1.807) is 29.8 Å². The number of sulfonamides is 1. The third-order valence-corrected chi connectivity index (χ3v) is 5.34. The molecule has 146 valence electrons. The van der Waals surface area contributed by atoms with Crippen LogP contribution in [0, 0.1) is 5.82 Å². The summed E-state index contributed by atoms with van der Waals surface area (Å²) in [6.07, 6.45) is 0.365. The summed E-state index contributed by atoms with van der Waals surface area (Å²) >= 11 is 0. The molecule has 2 aromatic carbocycles. The molecule has 28 heavy (non-hydrogen) atoms. The maximum absolute atomic E-state index is 13.7. The number of hydrogen-bond acceptors (Lipinski definition) is 5. The molecule has 0 aliphatic rings. The lowest BCUT2D eigenvalue weighted by Crippen LogP contribution is -2.30. The van der Waals surface area contributed by atoms with E-state index in [1.807, 2.05) is 0 Å². The van der Waals surface area contributed by atoms with Crippen LogP contribution in [0.15, 0.2) is 57.8 Å². The number of halogens is 1. The van der Waals surface area contributed by atoms with Crippen LogP contribution in [0.4, 0.5) is 4.39 Å². The minimum absolute atomic E-state index is 0.0991. The number of benzene rings is 2. The molecule has 2 amide bonds. The van der Waals surface area contributed by atoms with E-state index < -0.39 is 26.6 Å². The van der Waals surface area contributed by atoms with Gasteiger partial charge in [-0.1, -0.05) is 31.2 Å². The summed E-state index contributed by atoms with van der Waals surface area (Å²) in [4.78, 5) is 23.0. The predicted octanol–water partition coefficient (Wildman–Crippen LogP) is 2.72. The van der Waals surface area contributed by atoms with E-state index in [1.165, 1.54) is 18.2 Å². The Bertz CT molecular complexity index is 1150. The zero-order valence-electron chi connectivity index (χ0n) is 14.9. The van der Waals surface area contributed by atoms with Gasteiger partial charge in [0.25, 0.3) is 10.0 Å². The fraction of sp³-hybridized carbons (Fsp3) is 0.158. The highest BCUT2D eigenvalue weighted by molar-refractivity contribution is 7.90. The lowest BCUT2D eigenvalue weighted by molar-refractivity contribution is -0.120. The Kier molecular flexibility index (Phi) is 5.46. The molecule has 0 radical (unpaired) electrons. The molecule has 0 aliphatic carbocycles. The third kappa shape index (κ3) is 4.20. The molecule has 0 spiro atoms. The molecule has 7 nitrogen and oxygen atoms in total. The van der Waals surface area contributed by atoms with Crippen LogP contribution in [0.3, 0.4) is 0 Å². The molecular formula is C19H17FN2O5S. The van der Waals surface area contributed by atoms with E-state index in [0.717, 1.165) is 17.7 Å². The molecule has 0 aliphatic heterocycles. The van der Waals surface area contributed by atoms with Crippen LogP contribution >= 0.6 is 0 Å². The van der Waals surface area contributed by atoms with Crippen molar-refractivity contribution in [1.82, 2.24) is 10.0 Å². The Labute approximate surface area is 160 Å². The van der Waals surface area contributed by atoms with Crippen LogP contribution in [0.2, 0.25) is 0 Å². The fourth-order valence-corrected chi connectivity index (χ4v) is 3.55. The number of hydrogen-bond donors (Lipinski definition) is 2. The Morgan fingerprint density at radius 2 is 1.86 bits per heavy atom. The van der Waals surface area contributed by atoms with Gasteiger partial charge in [-0.3, -0.25) is 9.59 Å². The van der Waals surface area contributed by atoms with Crippen molar-refractivity contribution in [1.29, 1.82) is 0 Å². The normalized spacial score (nSPS) is 11.4. The van der Waals surface area contributed by atoms with Crippen molar-refractivity contribution in [2.45, 2.75) is 24.8 Å². The lowest BCUT2D eigenvalue weighted by Gasteiger charge is -2.06. The largest absolute Gasteiger partial charge is 0.451 e. The van der Waals surface area contributed by atoms with E-state index in [2.05, 4.69) is 5.32 Å². The van der Waals surface area contributed by atoms with Crippen molar-refractivity contribution in [3.63, 3.8) is 0 Å². The Morgan fingerprint density at radius 3 is 2.57 bits per heavy atom. The smallest absolute Gasteiger partial charge is 0.300 e. The number of rotatable bonds is 6. The number of furan rings is 1. The van der Waals surface area contributed by atoms with Crippen LogP contribution < -0.4 is 10.0 Å². The van der Waals surface area contributed by atoms with Gasteiger partial charge in [0.1, 0.15) is 16.3 Å². The molecule has 3 rings (SSSR count). The van der Waals surface area contributed by atoms with Crippen molar-refractivity contribution >= 4 is 32.8 Å². The maximum atomic E-state index is 13.7. The average molecular weight is 404 g/mol. The number of nitrogens with one attached hydrogen (secondary N) is 2. The molecule has 0 atom stereocenters. The molecule has 0 bridgehead atoms. The average Bonchev–Trinajstić information content (AvgIpc) is 3.09. The van der Waals surface area contributed by atoms with E-state index in [4.69, 9.17) is 4.42 Å². The summed E-state index contributed by atoms with van der Waals surface area (Å²) in [7, 11) is -4.39. The minimum atomic E-state index is -4.39. The molecule has 0 fully saturated rings. The molecule has 0 saturated carbocycles. The van der Waals surface area contributed by atoms with Crippen molar-refractivity contribution in [3.8, 4) is 0 Å². The standard InChI is InChI=1S/C19H17FN2O5S/c1-2-18(23)21-11-12-7-8-13-10-16(27-15(13)9-12)19(24)22-28(25,26)17-6-4-3-5-14(17)20/h3-10H,2,11H2,1H3,(H,21,23)(H,22,24). The van der Waals surface area contributed by atoms with Crippen LogP contribution in [-0.2, 0) is 21.4 Å². The summed E-state index contributed by atoms with van der Waals surface area (Å²) in [6, 6.07) is 11.2. The summed E-state index contributed by atoms with van der Waals surface area (Å²) in [6.45, 7) is 2.04. The van der Waals surface area contributed by atoms with Crippen molar-refractivity contribution in [2.75, 3.05) is 0 Å². The molecule has 1 aromatic heterocycles. The second-order valence-electron chi connectivity index (χ2n) is 5.98. The maximum Gasteiger partial charge on any atom is 0.300 e. The Hall–Kier alpha value is -3.20. The highest BCUT2D eigenvalue weighted by Gasteiger charge is 2.24. The van der Waals surface area contributed by atoms with Crippen LogP contribution in [0.25, 0.3) is 11.0 Å². The van der Waals surface area contributed by atoms with Gasteiger partial charge in [0.2, 0.25) is 5.91 Å². The summed E-state index contributed by atoms with van der Waals surface area (Å²) in [5.74, 6) is -2.31. The first-order chi connectivity index (χ1) is 13.3. The highest BCUT2D eigenvalue weighted by Crippen LogP contribution is 2.22. The molecule has 1 heterocycles. The Balaban J connectivity index is 1.80. The lowest BCUT2D eigenvalue weighted by atomic mass is 10.1. The second-order valence-corrected chi connectivity index (χ2v) is 7.63. The number of carbonyl (C=O) groups is 2. The van der Waals surface area contributed by atoms with Gasteiger partial charge < -0.3 is 9.73 Å². The number of amides is 2. The first-order valence-electron chi connectivity index (χ1n) is 8.41. The van der Waals surface area contributed by atoms with Crippen molar-refractivity contribution in [3.05, 3.63) is 65.7 Å². The van der Waals surface area contributed by atoms with Gasteiger partial charge in [-0.2, -0.15) is 0 Å². The zero-order chi connectivity index (χ0) is 20.3. The SMILES string of the molecule is CCC(=O)NCc1ccc2cc(C(=O)NS(=O)(=O)c3ccccc3F)oc2c1. The van der Waals surface area contributed by atoms with Crippen LogP contribution in [-0.4, -0.2) is 20.2 Å². The Morgan fingerprint density at radius 1 is 1.11 bits per heavy atom. The van der Waals surface area contributed by atoms with Gasteiger partial charge in [-0.25, -0.2) is 17.5 Å². The quantitative estimate of drug-likeness (QED) is 0.657. The van der Waals surface area contributed by atoms with Gasteiger partial charge in [0.05, 0.1) is 0 Å². The first-order valence-corrected chi connectivity index (χ1v) is 9.89. The number of carbonyl (C=O) groups excluding carboxylic acids is 2. The summed E-state index contributed by atoms with van der Waals surface area (Å²) < 4.78 is 45.4. The van der Waals surface area contributed by atoms with Crippen LogP contribution in [0.1, 0.15) is 29.5 Å². The van der Waals surface area contributed by atoms with E-state index in [0.29, 0.717) is 23.9 Å². The third-order valence-electron chi connectivity index (χ3n) is 3.97. The van der Waals surface area contributed by atoms with Gasteiger partial charge in [0.15, 0.2) is 5.76 Å². The molecule has 9 heteroatoms. The number of fused-ring (bicyclic) bond motifs is 1. The monoisotopic (exact) mass is 404 g/mol. The summed E-state index contributed by atoms with van der Waals surface area (Å²) in [5, 5.41) is 3.31. The van der Waals surface area contributed by atoms with Gasteiger partial charge in [-0.15, -0.1) is 0 Å². The van der Waals surface area contributed by atoms with Crippen molar-refractivity contribution in [2.24, 2.45) is 0 Å². The molecule has 0 unspecified atom stereocenters. The molecule has 3 aromatic rings. The van der Waals surface area contributed by atoms with Gasteiger partial charge in [-0.05, 0) is 29.8 Å². The topological polar surface area (TPSA) is 105 Å². The summed E-state index contributed by atoms with van der Waals surface area (Å²) in [5.41, 5.74) is 1.12. The van der Waals surface area contributed by atoms with Gasteiger partial charge in [0, 0.05) is 18.4 Å². The second kappa shape index (κ2) is 7.81. The highest BCUT2D eigenvalue weighted by atomic mass is 32.2. The van der Waals surface area contributed by atoms with Crippen molar-refractivity contribution < 1.29 is 26.8 Å². The fourth-order valence-electron chi connectivity index (χ4n) is 2.51. The first kappa shape index (κ1) is 19.6. The van der Waals surface area contributed by atoms with Gasteiger partial charge >= 0.3 is 5.91 Å². The zero-order valence-corrected chi connectivity index (χ0v) is 15.7. The molecular weight excluding hydrogens is 387 g/mol. The van der Waals surface area contributed by atoms with Crippen LogP contribution in [0.5, 0.6) is 0 Å². The molecule has 2 N–H and O–H groups in total. The minimum Gasteiger partial charge on any atom is -0.451 e.